The number of anilines is 1. The fraction of sp³-hybridized carbons (Fsp3) is 0.538. The van der Waals surface area contributed by atoms with Crippen LogP contribution in [0.15, 0.2) is 29.2 Å². The van der Waals surface area contributed by atoms with Gasteiger partial charge in [-0.3, -0.25) is 0 Å². The number of hydrogen-bond donors (Lipinski definition) is 2. The molecule has 0 radical (unpaired) electrons. The first-order chi connectivity index (χ1) is 9.32. The van der Waals surface area contributed by atoms with Crippen LogP contribution in [0.1, 0.15) is 6.92 Å². The summed E-state index contributed by atoms with van der Waals surface area (Å²) in [5.41, 5.74) is 0.836. The van der Waals surface area contributed by atoms with E-state index in [1.54, 1.807) is 36.0 Å². The standard InChI is InChI=1S/C13H22N2O3S2/c1-10(13(9-16)19-4)14-11-5-7-12(8-6-11)20(17,18)15(2)3/h5-8,10,13-14,16H,9H2,1-4H3. The maximum Gasteiger partial charge on any atom is 0.242 e. The third-order valence-electron chi connectivity index (χ3n) is 3.07. The predicted molar refractivity (Wildman–Crippen MR) is 84.8 cm³/mol. The molecular formula is C13H22N2O3S2. The van der Waals surface area contributed by atoms with Crippen molar-refractivity contribution in [3.05, 3.63) is 24.3 Å². The number of sulfonamides is 1. The minimum atomic E-state index is -3.39. The van der Waals surface area contributed by atoms with Crippen LogP contribution in [0.5, 0.6) is 0 Å². The Balaban J connectivity index is 2.83. The molecule has 7 heteroatoms. The van der Waals surface area contributed by atoms with E-state index >= 15 is 0 Å². The molecule has 0 aromatic heterocycles. The number of hydrogen-bond acceptors (Lipinski definition) is 5. The molecule has 1 rings (SSSR count). The summed E-state index contributed by atoms with van der Waals surface area (Å²) in [6.07, 6.45) is 1.95. The molecule has 0 aliphatic carbocycles. The second-order valence-corrected chi connectivity index (χ2v) is 7.93. The van der Waals surface area contributed by atoms with E-state index in [1.807, 2.05) is 13.2 Å². The lowest BCUT2D eigenvalue weighted by atomic mass is 10.2. The van der Waals surface area contributed by atoms with Crippen LogP contribution in [0.25, 0.3) is 0 Å². The molecule has 0 spiro atoms. The molecule has 2 unspecified atom stereocenters. The molecule has 0 saturated carbocycles. The predicted octanol–water partition coefficient (Wildman–Crippen LogP) is 1.46. The Bertz CT molecular complexity index is 511. The molecular weight excluding hydrogens is 296 g/mol. The van der Waals surface area contributed by atoms with Gasteiger partial charge in [0, 0.05) is 31.1 Å². The van der Waals surface area contributed by atoms with Crippen molar-refractivity contribution >= 4 is 27.5 Å². The number of aliphatic hydroxyl groups excluding tert-OH is 1. The molecule has 0 bridgehead atoms. The first-order valence-corrected chi connectivity index (χ1v) is 8.98. The van der Waals surface area contributed by atoms with Gasteiger partial charge in [-0.2, -0.15) is 11.8 Å². The number of thioether (sulfide) groups is 1. The summed E-state index contributed by atoms with van der Waals surface area (Å²) >= 11 is 1.59. The Kier molecular flexibility index (Phi) is 6.32. The maximum absolute atomic E-state index is 11.9. The Morgan fingerprint density at radius 2 is 1.85 bits per heavy atom. The quantitative estimate of drug-likeness (QED) is 0.796. The SMILES string of the molecule is CSC(CO)C(C)Nc1ccc(S(=O)(=O)N(C)C)cc1. The van der Waals surface area contributed by atoms with Crippen molar-refractivity contribution in [1.29, 1.82) is 0 Å². The lowest BCUT2D eigenvalue weighted by molar-refractivity contribution is 0.288. The summed E-state index contributed by atoms with van der Waals surface area (Å²) in [5, 5.41) is 12.6. The van der Waals surface area contributed by atoms with Crippen LogP contribution in [0.3, 0.4) is 0 Å². The minimum absolute atomic E-state index is 0.0892. The minimum Gasteiger partial charge on any atom is -0.395 e. The fourth-order valence-corrected chi connectivity index (χ4v) is 3.25. The van der Waals surface area contributed by atoms with Gasteiger partial charge in [0.1, 0.15) is 0 Å². The van der Waals surface area contributed by atoms with Crippen molar-refractivity contribution in [3.8, 4) is 0 Å². The van der Waals surface area contributed by atoms with Crippen molar-refractivity contribution in [2.24, 2.45) is 0 Å². The van der Waals surface area contributed by atoms with Gasteiger partial charge in [-0.05, 0) is 37.4 Å². The monoisotopic (exact) mass is 318 g/mol. The normalized spacial score (nSPS) is 15.1. The van der Waals surface area contributed by atoms with E-state index < -0.39 is 10.0 Å². The van der Waals surface area contributed by atoms with Crippen molar-refractivity contribution in [2.45, 2.75) is 23.1 Å². The molecule has 2 atom stereocenters. The first-order valence-electron chi connectivity index (χ1n) is 6.25. The van der Waals surface area contributed by atoms with Crippen molar-refractivity contribution in [3.63, 3.8) is 0 Å². The molecule has 0 saturated heterocycles. The van der Waals surface area contributed by atoms with Crippen molar-refractivity contribution in [2.75, 3.05) is 32.3 Å². The summed E-state index contributed by atoms with van der Waals surface area (Å²) in [5.74, 6) is 0. The highest BCUT2D eigenvalue weighted by Crippen LogP contribution is 2.19. The number of rotatable bonds is 7. The average Bonchev–Trinajstić information content (AvgIpc) is 2.40. The maximum atomic E-state index is 11.9. The average molecular weight is 318 g/mol. The van der Waals surface area contributed by atoms with Gasteiger partial charge in [-0.25, -0.2) is 12.7 Å². The molecule has 0 aliphatic heterocycles. The van der Waals surface area contributed by atoms with E-state index in [1.165, 1.54) is 18.4 Å². The van der Waals surface area contributed by atoms with Gasteiger partial charge in [-0.1, -0.05) is 0 Å². The van der Waals surface area contributed by atoms with Gasteiger partial charge in [0.2, 0.25) is 10.0 Å². The molecule has 0 fully saturated rings. The summed E-state index contributed by atoms with van der Waals surface area (Å²) in [4.78, 5) is 0.268. The van der Waals surface area contributed by atoms with Gasteiger partial charge in [0.05, 0.1) is 11.5 Å². The van der Waals surface area contributed by atoms with E-state index in [9.17, 15) is 13.5 Å². The molecule has 1 aromatic carbocycles. The summed E-state index contributed by atoms with van der Waals surface area (Å²) < 4.78 is 25.1. The lowest BCUT2D eigenvalue weighted by Crippen LogP contribution is -2.30. The number of nitrogens with zero attached hydrogens (tertiary/aromatic N) is 1. The first kappa shape index (κ1) is 17.3. The second-order valence-electron chi connectivity index (χ2n) is 4.70. The van der Waals surface area contributed by atoms with Gasteiger partial charge in [-0.15, -0.1) is 0 Å². The Labute approximate surface area is 125 Å². The molecule has 5 nitrogen and oxygen atoms in total. The van der Waals surface area contributed by atoms with Gasteiger partial charge >= 0.3 is 0 Å². The molecule has 0 aliphatic rings. The lowest BCUT2D eigenvalue weighted by Gasteiger charge is -2.22. The molecule has 20 heavy (non-hydrogen) atoms. The topological polar surface area (TPSA) is 69.6 Å². The summed E-state index contributed by atoms with van der Waals surface area (Å²) in [7, 11) is -0.371. The Hall–Kier alpha value is -0.760. The van der Waals surface area contributed by atoms with Crippen LogP contribution in [0, 0.1) is 0 Å². The van der Waals surface area contributed by atoms with E-state index in [-0.39, 0.29) is 22.8 Å². The van der Waals surface area contributed by atoms with Crippen LogP contribution < -0.4 is 5.32 Å². The van der Waals surface area contributed by atoms with Gasteiger partial charge in [0.25, 0.3) is 0 Å². The third kappa shape index (κ3) is 4.12. The zero-order valence-corrected chi connectivity index (χ0v) is 13.8. The van der Waals surface area contributed by atoms with E-state index in [2.05, 4.69) is 5.32 Å². The summed E-state index contributed by atoms with van der Waals surface area (Å²) in [6.45, 7) is 2.09. The largest absolute Gasteiger partial charge is 0.395 e. The van der Waals surface area contributed by atoms with Gasteiger partial charge < -0.3 is 10.4 Å². The number of aliphatic hydroxyl groups is 1. The van der Waals surface area contributed by atoms with Crippen LogP contribution in [-0.2, 0) is 10.0 Å². The number of nitrogens with one attached hydrogen (secondary N) is 1. The van der Waals surface area contributed by atoms with Crippen molar-refractivity contribution in [1.82, 2.24) is 4.31 Å². The summed E-state index contributed by atoms with van der Waals surface area (Å²) in [6, 6.07) is 6.73. The highest BCUT2D eigenvalue weighted by atomic mass is 32.2. The Morgan fingerprint density at radius 3 is 2.25 bits per heavy atom. The second kappa shape index (κ2) is 7.31. The Morgan fingerprint density at radius 1 is 1.30 bits per heavy atom. The van der Waals surface area contributed by atoms with Crippen LogP contribution in [0.2, 0.25) is 0 Å². The number of benzene rings is 1. The van der Waals surface area contributed by atoms with Crippen LogP contribution >= 0.6 is 11.8 Å². The molecule has 0 amide bonds. The highest BCUT2D eigenvalue weighted by molar-refractivity contribution is 7.99. The molecule has 2 N–H and O–H groups in total. The van der Waals surface area contributed by atoms with Gasteiger partial charge in [0.15, 0.2) is 0 Å². The van der Waals surface area contributed by atoms with Crippen molar-refractivity contribution < 1.29 is 13.5 Å². The van der Waals surface area contributed by atoms with E-state index in [4.69, 9.17) is 0 Å². The van der Waals surface area contributed by atoms with E-state index in [0.717, 1.165) is 5.69 Å². The fourth-order valence-electron chi connectivity index (χ4n) is 1.73. The smallest absolute Gasteiger partial charge is 0.242 e. The highest BCUT2D eigenvalue weighted by Gasteiger charge is 2.18. The molecule has 114 valence electrons. The van der Waals surface area contributed by atoms with Crippen LogP contribution in [-0.4, -0.2) is 56.1 Å². The van der Waals surface area contributed by atoms with E-state index in [0.29, 0.717) is 0 Å². The molecule has 1 aromatic rings. The third-order valence-corrected chi connectivity index (χ3v) is 6.06. The zero-order valence-electron chi connectivity index (χ0n) is 12.2. The molecule has 0 heterocycles. The van der Waals surface area contributed by atoms with Crippen LogP contribution in [0.4, 0.5) is 5.69 Å². The zero-order chi connectivity index (χ0) is 15.3.